The highest BCUT2D eigenvalue weighted by molar-refractivity contribution is 5.80. The van der Waals surface area contributed by atoms with Gasteiger partial charge in [0.05, 0.1) is 12.1 Å². The first-order chi connectivity index (χ1) is 15.7. The summed E-state index contributed by atoms with van der Waals surface area (Å²) in [6.45, 7) is 8.29. The van der Waals surface area contributed by atoms with Crippen molar-refractivity contribution in [2.24, 2.45) is 17.3 Å². The summed E-state index contributed by atoms with van der Waals surface area (Å²) in [5.41, 5.74) is -0.277. The second-order valence-electron chi connectivity index (χ2n) is 11.7. The maximum Gasteiger partial charge on any atom is 0.225 e. The van der Waals surface area contributed by atoms with Gasteiger partial charge in [0.2, 0.25) is 11.8 Å². The monoisotopic (exact) mass is 454 g/mol. The molecule has 0 radical (unpaired) electrons. The van der Waals surface area contributed by atoms with Crippen molar-refractivity contribution in [3.8, 4) is 0 Å². The van der Waals surface area contributed by atoms with Crippen LogP contribution in [-0.4, -0.2) is 58.5 Å². The number of likely N-dealkylation sites (tertiary alicyclic amines) is 2. The Labute approximate surface area is 199 Å². The molecule has 2 saturated heterocycles. The molecular weight excluding hydrogens is 412 g/mol. The summed E-state index contributed by atoms with van der Waals surface area (Å²) in [7, 11) is 0. The molecule has 3 aliphatic rings. The number of rotatable bonds is 6. The average molecular weight is 455 g/mol. The first-order valence-corrected chi connectivity index (χ1v) is 13.0. The Balaban J connectivity index is 1.36. The molecule has 33 heavy (non-hydrogen) atoms. The topological polar surface area (TPSA) is 60.9 Å². The van der Waals surface area contributed by atoms with Gasteiger partial charge in [-0.2, -0.15) is 0 Å². The Bertz CT molecular complexity index is 833. The van der Waals surface area contributed by atoms with Crippen molar-refractivity contribution in [2.45, 2.75) is 83.7 Å². The molecule has 1 aliphatic carbocycles. The lowest BCUT2D eigenvalue weighted by atomic mass is 9.69. The Morgan fingerprint density at radius 1 is 1.15 bits per heavy atom. The van der Waals surface area contributed by atoms with E-state index in [9.17, 15) is 14.7 Å². The minimum atomic E-state index is -0.988. The van der Waals surface area contributed by atoms with Gasteiger partial charge in [0.25, 0.3) is 0 Å². The molecule has 0 bridgehead atoms. The molecule has 1 N–H and O–H groups in total. The number of nitrogens with zero attached hydrogens (tertiary/aromatic N) is 2. The van der Waals surface area contributed by atoms with Crippen LogP contribution in [0.2, 0.25) is 0 Å². The van der Waals surface area contributed by atoms with Crippen LogP contribution >= 0.6 is 0 Å². The third-order valence-electron chi connectivity index (χ3n) is 8.72. The summed E-state index contributed by atoms with van der Waals surface area (Å²) in [5, 5.41) is 11.7. The van der Waals surface area contributed by atoms with Gasteiger partial charge >= 0.3 is 0 Å². The van der Waals surface area contributed by atoms with Gasteiger partial charge in [0.1, 0.15) is 0 Å². The fourth-order valence-electron chi connectivity index (χ4n) is 6.37. The second kappa shape index (κ2) is 9.77. The lowest BCUT2D eigenvalue weighted by Gasteiger charge is -2.51. The van der Waals surface area contributed by atoms with Crippen molar-refractivity contribution in [3.63, 3.8) is 0 Å². The number of amides is 2. The Hall–Kier alpha value is -1.88. The zero-order chi connectivity index (χ0) is 23.6. The standard InChI is InChI=1S/C28H42N2O3/c1-21(16-22-10-6-4-7-11-22)26(32)29-15-14-28(33,27(2,3)19-29)20-30-18-24(17-25(30)31)23-12-8-5-9-13-23/h5,8-9,12-13,21-22,24,33H,4,6-7,10-11,14-20H2,1-3H3/t21?,24-,28?/m0/s1. The number of hydrogen-bond acceptors (Lipinski definition) is 3. The van der Waals surface area contributed by atoms with E-state index in [1.54, 1.807) is 0 Å². The van der Waals surface area contributed by atoms with Crippen LogP contribution in [0.1, 0.15) is 83.6 Å². The predicted octanol–water partition coefficient (Wildman–Crippen LogP) is 4.60. The number of hydrogen-bond donors (Lipinski definition) is 1. The van der Waals surface area contributed by atoms with Crippen molar-refractivity contribution in [1.29, 1.82) is 0 Å². The molecule has 2 amide bonds. The van der Waals surface area contributed by atoms with Gasteiger partial charge < -0.3 is 14.9 Å². The third-order valence-corrected chi connectivity index (χ3v) is 8.72. The van der Waals surface area contributed by atoms with E-state index in [-0.39, 0.29) is 23.7 Å². The summed E-state index contributed by atoms with van der Waals surface area (Å²) in [6.07, 6.45) is 8.47. The summed E-state index contributed by atoms with van der Waals surface area (Å²) >= 11 is 0. The number of piperidine rings is 1. The van der Waals surface area contributed by atoms with Gasteiger partial charge in [-0.1, -0.05) is 83.2 Å². The van der Waals surface area contributed by atoms with Crippen LogP contribution in [0.5, 0.6) is 0 Å². The van der Waals surface area contributed by atoms with E-state index in [0.29, 0.717) is 44.9 Å². The van der Waals surface area contributed by atoms with Crippen molar-refractivity contribution in [3.05, 3.63) is 35.9 Å². The summed E-state index contributed by atoms with van der Waals surface area (Å²) in [6, 6.07) is 10.2. The molecule has 182 valence electrons. The molecule has 1 saturated carbocycles. The van der Waals surface area contributed by atoms with Crippen molar-refractivity contribution < 1.29 is 14.7 Å². The molecule has 4 rings (SSSR count). The van der Waals surface area contributed by atoms with Gasteiger partial charge in [-0.25, -0.2) is 0 Å². The van der Waals surface area contributed by atoms with Crippen LogP contribution in [0.25, 0.3) is 0 Å². The number of carbonyl (C=O) groups is 2. The largest absolute Gasteiger partial charge is 0.387 e. The fourth-order valence-corrected chi connectivity index (χ4v) is 6.37. The SMILES string of the molecule is CC(CC1CCCCC1)C(=O)N1CCC(O)(CN2C[C@@H](c3ccccc3)CC2=O)C(C)(C)C1. The lowest BCUT2D eigenvalue weighted by molar-refractivity contribution is -0.161. The molecule has 0 spiro atoms. The summed E-state index contributed by atoms with van der Waals surface area (Å²) < 4.78 is 0. The van der Waals surface area contributed by atoms with Crippen molar-refractivity contribution >= 4 is 11.8 Å². The molecule has 2 unspecified atom stereocenters. The molecule has 2 aliphatic heterocycles. The molecule has 3 fully saturated rings. The second-order valence-corrected chi connectivity index (χ2v) is 11.7. The normalized spacial score (nSPS) is 29.3. The number of aliphatic hydroxyl groups is 1. The Morgan fingerprint density at radius 2 is 1.85 bits per heavy atom. The fraction of sp³-hybridized carbons (Fsp3) is 0.714. The quantitative estimate of drug-likeness (QED) is 0.683. The highest BCUT2D eigenvalue weighted by Gasteiger charge is 2.51. The highest BCUT2D eigenvalue weighted by Crippen LogP contribution is 2.41. The molecule has 5 heteroatoms. The average Bonchev–Trinajstić information content (AvgIpc) is 3.16. The smallest absolute Gasteiger partial charge is 0.225 e. The predicted molar refractivity (Wildman–Crippen MR) is 131 cm³/mol. The van der Waals surface area contributed by atoms with Crippen LogP contribution < -0.4 is 0 Å². The van der Waals surface area contributed by atoms with Crippen LogP contribution in [0.3, 0.4) is 0 Å². The molecule has 2 heterocycles. The first-order valence-electron chi connectivity index (χ1n) is 13.0. The summed E-state index contributed by atoms with van der Waals surface area (Å²) in [5.74, 6) is 1.27. The number of benzene rings is 1. The van der Waals surface area contributed by atoms with Crippen molar-refractivity contribution in [2.75, 3.05) is 26.2 Å². The van der Waals surface area contributed by atoms with E-state index >= 15 is 0 Å². The highest BCUT2D eigenvalue weighted by atomic mass is 16.3. The number of β-amino-alcohol motifs (C(OH)–C–C–N with tert-alkyl or cyclic N) is 1. The minimum Gasteiger partial charge on any atom is -0.387 e. The van der Waals surface area contributed by atoms with E-state index in [1.807, 2.05) is 41.8 Å². The van der Waals surface area contributed by atoms with E-state index in [0.717, 1.165) is 6.42 Å². The molecule has 0 aromatic heterocycles. The third kappa shape index (κ3) is 5.29. The molecule has 5 nitrogen and oxygen atoms in total. The number of carbonyl (C=O) groups excluding carboxylic acids is 2. The van der Waals surface area contributed by atoms with Crippen LogP contribution in [0.4, 0.5) is 0 Å². The zero-order valence-electron chi connectivity index (χ0n) is 20.8. The van der Waals surface area contributed by atoms with Gasteiger partial charge in [0, 0.05) is 43.3 Å². The van der Waals surface area contributed by atoms with Gasteiger partial charge in [0.15, 0.2) is 0 Å². The van der Waals surface area contributed by atoms with Gasteiger partial charge in [-0.05, 0) is 24.3 Å². The van der Waals surface area contributed by atoms with Gasteiger partial charge in [-0.3, -0.25) is 9.59 Å². The van der Waals surface area contributed by atoms with Crippen LogP contribution in [-0.2, 0) is 9.59 Å². The van der Waals surface area contributed by atoms with Gasteiger partial charge in [-0.15, -0.1) is 0 Å². The van der Waals surface area contributed by atoms with E-state index in [4.69, 9.17) is 0 Å². The van der Waals surface area contributed by atoms with E-state index in [2.05, 4.69) is 19.1 Å². The van der Waals surface area contributed by atoms with E-state index < -0.39 is 11.0 Å². The molecular formula is C28H42N2O3. The Kier molecular flexibility index (Phi) is 7.18. The van der Waals surface area contributed by atoms with Crippen LogP contribution in [0.15, 0.2) is 30.3 Å². The summed E-state index contributed by atoms with van der Waals surface area (Å²) in [4.78, 5) is 29.9. The lowest BCUT2D eigenvalue weighted by Crippen LogP contribution is -2.63. The molecule has 3 atom stereocenters. The zero-order valence-corrected chi connectivity index (χ0v) is 20.8. The minimum absolute atomic E-state index is 0.0434. The maximum atomic E-state index is 13.2. The Morgan fingerprint density at radius 3 is 2.52 bits per heavy atom. The maximum absolute atomic E-state index is 13.2. The first kappa shape index (κ1) is 24.3. The van der Waals surface area contributed by atoms with Crippen molar-refractivity contribution in [1.82, 2.24) is 9.80 Å². The molecule has 1 aromatic rings. The molecule has 1 aromatic carbocycles. The van der Waals surface area contributed by atoms with E-state index in [1.165, 1.54) is 37.7 Å². The van der Waals surface area contributed by atoms with Crippen LogP contribution in [0, 0.1) is 17.3 Å².